The summed E-state index contributed by atoms with van der Waals surface area (Å²) in [5, 5.41) is -0.0670. The summed E-state index contributed by atoms with van der Waals surface area (Å²) in [6.45, 7) is 4.81. The summed E-state index contributed by atoms with van der Waals surface area (Å²) in [5.74, 6) is 0.599. The van der Waals surface area contributed by atoms with Gasteiger partial charge in [0.2, 0.25) is 0 Å². The first-order chi connectivity index (χ1) is 14.8. The first kappa shape index (κ1) is 23.1. The second-order valence-electron chi connectivity index (χ2n) is 6.85. The average Bonchev–Trinajstić information content (AvgIpc) is 2.76. The maximum Gasteiger partial charge on any atom is 0.417 e. The number of carbonyl (C=O) groups excluding carboxylic acids is 1. The van der Waals surface area contributed by atoms with Gasteiger partial charge in [0.1, 0.15) is 18.2 Å². The number of benzene rings is 1. The Bertz CT molecular complexity index is 903. The Morgan fingerprint density at radius 3 is 2.52 bits per heavy atom. The number of alkyl halides is 3. The van der Waals surface area contributed by atoms with E-state index < -0.39 is 11.7 Å². The van der Waals surface area contributed by atoms with Crippen LogP contribution in [0.2, 0.25) is 5.02 Å². The number of anilines is 1. The molecule has 0 N–H and O–H groups in total. The van der Waals surface area contributed by atoms with Gasteiger partial charge in [-0.3, -0.25) is 4.79 Å². The summed E-state index contributed by atoms with van der Waals surface area (Å²) in [6, 6.07) is 7.88. The van der Waals surface area contributed by atoms with Crippen LogP contribution in [-0.4, -0.2) is 61.8 Å². The number of hydrogen-bond donors (Lipinski definition) is 0. The molecule has 0 saturated carbocycles. The first-order valence-electron chi connectivity index (χ1n) is 9.87. The highest BCUT2D eigenvalue weighted by Crippen LogP contribution is 2.34. The lowest BCUT2D eigenvalue weighted by atomic mass is 10.1. The van der Waals surface area contributed by atoms with E-state index >= 15 is 0 Å². The highest BCUT2D eigenvalue weighted by Gasteiger charge is 2.32. The van der Waals surface area contributed by atoms with Crippen LogP contribution in [0.25, 0.3) is 0 Å². The summed E-state index contributed by atoms with van der Waals surface area (Å²) >= 11 is 6.04. The van der Waals surface area contributed by atoms with Crippen LogP contribution in [0.5, 0.6) is 5.75 Å². The number of amides is 1. The summed E-state index contributed by atoms with van der Waals surface area (Å²) in [5.41, 5.74) is -0.436. The highest BCUT2D eigenvalue weighted by molar-refractivity contribution is 6.33. The van der Waals surface area contributed by atoms with Crippen molar-refractivity contribution < 1.29 is 27.4 Å². The molecule has 1 aromatic carbocycles. The molecule has 2 heterocycles. The molecule has 0 aliphatic carbocycles. The minimum absolute atomic E-state index is 0.0670. The molecule has 6 nitrogen and oxygen atoms in total. The third-order valence-corrected chi connectivity index (χ3v) is 5.10. The molecule has 2 aromatic rings. The lowest BCUT2D eigenvalue weighted by molar-refractivity contribution is -0.137. The molecule has 1 saturated heterocycles. The molecule has 1 fully saturated rings. The Morgan fingerprint density at radius 1 is 1.16 bits per heavy atom. The fraction of sp³-hybridized carbons (Fsp3) is 0.429. The Kier molecular flexibility index (Phi) is 7.61. The van der Waals surface area contributed by atoms with Crippen molar-refractivity contribution in [2.75, 3.05) is 50.9 Å². The first-order valence-corrected chi connectivity index (χ1v) is 10.3. The van der Waals surface area contributed by atoms with Gasteiger partial charge in [-0.2, -0.15) is 13.2 Å². The Labute approximate surface area is 183 Å². The minimum Gasteiger partial charge on any atom is -0.490 e. The van der Waals surface area contributed by atoms with Gasteiger partial charge in [0.15, 0.2) is 0 Å². The molecule has 1 aliphatic rings. The van der Waals surface area contributed by atoms with Crippen molar-refractivity contribution in [1.29, 1.82) is 0 Å². The van der Waals surface area contributed by atoms with Crippen LogP contribution in [0.4, 0.5) is 19.0 Å². The molecule has 0 spiro atoms. The zero-order valence-electron chi connectivity index (χ0n) is 17.0. The third kappa shape index (κ3) is 5.80. The largest absolute Gasteiger partial charge is 0.490 e. The molecular formula is C21H23ClF3N3O3. The fourth-order valence-electron chi connectivity index (χ4n) is 3.23. The number of carbonyl (C=O) groups is 1. The molecule has 0 atom stereocenters. The number of hydrogen-bond acceptors (Lipinski definition) is 5. The molecule has 1 amide bonds. The molecule has 31 heavy (non-hydrogen) atoms. The Morgan fingerprint density at radius 2 is 1.87 bits per heavy atom. The van der Waals surface area contributed by atoms with Crippen molar-refractivity contribution in [2.24, 2.45) is 0 Å². The summed E-state index contributed by atoms with van der Waals surface area (Å²) in [4.78, 5) is 20.4. The number of para-hydroxylation sites is 1. The molecule has 1 aliphatic heterocycles. The molecular weight excluding hydrogens is 435 g/mol. The molecule has 0 bridgehead atoms. The van der Waals surface area contributed by atoms with Crippen molar-refractivity contribution in [2.45, 2.75) is 13.1 Å². The number of nitrogens with zero attached hydrogens (tertiary/aromatic N) is 3. The second kappa shape index (κ2) is 10.2. The topological polar surface area (TPSA) is 54.9 Å². The highest BCUT2D eigenvalue weighted by atomic mass is 35.5. The van der Waals surface area contributed by atoms with Crippen molar-refractivity contribution in [3.8, 4) is 5.75 Å². The van der Waals surface area contributed by atoms with Crippen LogP contribution in [0, 0.1) is 0 Å². The quantitative estimate of drug-likeness (QED) is 0.585. The summed E-state index contributed by atoms with van der Waals surface area (Å²) < 4.78 is 49.4. The van der Waals surface area contributed by atoms with E-state index in [4.69, 9.17) is 21.1 Å². The third-order valence-electron chi connectivity index (χ3n) is 4.82. The second-order valence-corrected chi connectivity index (χ2v) is 7.26. The predicted octanol–water partition coefficient (Wildman–Crippen LogP) is 4.13. The number of aromatic nitrogens is 1. The van der Waals surface area contributed by atoms with Crippen molar-refractivity contribution >= 4 is 23.3 Å². The van der Waals surface area contributed by atoms with E-state index in [2.05, 4.69) is 4.98 Å². The molecule has 168 valence electrons. The molecule has 10 heteroatoms. The van der Waals surface area contributed by atoms with E-state index in [0.717, 1.165) is 12.3 Å². The lowest BCUT2D eigenvalue weighted by Gasteiger charge is -2.36. The molecule has 0 unspecified atom stereocenters. The Hall–Kier alpha value is -2.52. The fourth-order valence-corrected chi connectivity index (χ4v) is 3.52. The number of piperazine rings is 1. The zero-order chi connectivity index (χ0) is 22.4. The van der Waals surface area contributed by atoms with Crippen molar-refractivity contribution in [3.63, 3.8) is 0 Å². The van der Waals surface area contributed by atoms with Gasteiger partial charge in [-0.1, -0.05) is 23.7 Å². The smallest absolute Gasteiger partial charge is 0.417 e. The van der Waals surface area contributed by atoms with Gasteiger partial charge in [-0.05, 0) is 25.1 Å². The van der Waals surface area contributed by atoms with E-state index in [1.807, 2.05) is 6.92 Å². The van der Waals surface area contributed by atoms with Crippen LogP contribution < -0.4 is 9.64 Å². The summed E-state index contributed by atoms with van der Waals surface area (Å²) in [7, 11) is 0. The van der Waals surface area contributed by atoms with Crippen LogP contribution in [0.3, 0.4) is 0 Å². The maximum absolute atomic E-state index is 13.0. The van der Waals surface area contributed by atoms with E-state index in [0.29, 0.717) is 57.3 Å². The van der Waals surface area contributed by atoms with E-state index in [9.17, 15) is 18.0 Å². The van der Waals surface area contributed by atoms with Gasteiger partial charge in [-0.25, -0.2) is 4.98 Å². The standard InChI is InChI=1S/C21H23ClF3N3O3/c1-2-30-11-12-31-18-6-4-3-5-16(18)20(29)28-9-7-27(8-10-28)19-17(22)13-15(14-26-19)21(23,24)25/h3-6,13-14H,2,7-12H2,1H3. The normalized spacial score (nSPS) is 14.6. The van der Waals surface area contributed by atoms with Gasteiger partial charge < -0.3 is 19.3 Å². The maximum atomic E-state index is 13.0. The minimum atomic E-state index is -4.50. The zero-order valence-corrected chi connectivity index (χ0v) is 17.7. The van der Waals surface area contributed by atoms with Crippen LogP contribution in [0.15, 0.2) is 36.5 Å². The monoisotopic (exact) mass is 457 g/mol. The van der Waals surface area contributed by atoms with Gasteiger partial charge in [-0.15, -0.1) is 0 Å². The molecule has 0 radical (unpaired) electrons. The van der Waals surface area contributed by atoms with Crippen LogP contribution >= 0.6 is 11.6 Å². The van der Waals surface area contributed by atoms with Crippen molar-refractivity contribution in [3.05, 3.63) is 52.7 Å². The predicted molar refractivity (Wildman–Crippen MR) is 111 cm³/mol. The number of pyridine rings is 1. The van der Waals surface area contributed by atoms with Crippen LogP contribution in [-0.2, 0) is 10.9 Å². The number of rotatable bonds is 7. The van der Waals surface area contributed by atoms with E-state index in [-0.39, 0.29) is 16.7 Å². The molecule has 3 rings (SSSR count). The SMILES string of the molecule is CCOCCOc1ccccc1C(=O)N1CCN(c2ncc(C(F)(F)F)cc2Cl)CC1. The van der Waals surface area contributed by atoms with Gasteiger partial charge >= 0.3 is 6.18 Å². The van der Waals surface area contributed by atoms with Crippen LogP contribution in [0.1, 0.15) is 22.8 Å². The Balaban J connectivity index is 1.63. The number of ether oxygens (including phenoxy) is 2. The van der Waals surface area contributed by atoms with Gasteiger partial charge in [0, 0.05) is 39.0 Å². The van der Waals surface area contributed by atoms with E-state index in [1.165, 1.54) is 0 Å². The van der Waals surface area contributed by atoms with E-state index in [1.54, 1.807) is 34.1 Å². The molecule has 1 aromatic heterocycles. The van der Waals surface area contributed by atoms with Crippen molar-refractivity contribution in [1.82, 2.24) is 9.88 Å². The number of halogens is 4. The summed E-state index contributed by atoms with van der Waals surface area (Å²) in [6.07, 6.45) is -3.73. The van der Waals surface area contributed by atoms with Gasteiger partial charge in [0.05, 0.1) is 22.8 Å². The average molecular weight is 458 g/mol. The lowest BCUT2D eigenvalue weighted by Crippen LogP contribution is -2.49. The van der Waals surface area contributed by atoms with Gasteiger partial charge in [0.25, 0.3) is 5.91 Å².